The summed E-state index contributed by atoms with van der Waals surface area (Å²) in [5, 5.41) is 61.2. The third kappa shape index (κ3) is 9.04. The van der Waals surface area contributed by atoms with Crippen LogP contribution in [-0.4, -0.2) is 75.3 Å². The van der Waals surface area contributed by atoms with Gasteiger partial charge in [-0.2, -0.15) is 0 Å². The van der Waals surface area contributed by atoms with Crippen LogP contribution in [0.4, 0.5) is 11.4 Å². The second kappa shape index (κ2) is 22.7. The molecular weight excluding hydrogens is 1150 g/mol. The molecule has 93 heavy (non-hydrogen) atoms. The molecule has 0 saturated heterocycles. The zero-order valence-electron chi connectivity index (χ0n) is 55.4. The van der Waals surface area contributed by atoms with Crippen molar-refractivity contribution in [3.63, 3.8) is 0 Å². The predicted molar refractivity (Wildman–Crippen MR) is 367 cm³/mol. The highest BCUT2D eigenvalue weighted by molar-refractivity contribution is 5.99. The SMILES string of the molecule is Cc1ccc2c(nnn2-c2c(C)c(C3CCCCCCC3)c3c(c2-n2nnc4c(C5CCCCC5)c(C)ccc42)N(n2nnc4c(C5CCCC5)c(C)ccc42)N(n2nnc4c(C5CCC5)c(C)ccc42)N3n2nnc3c(C4CC4)c(C)ccc32)c1C1CCCCCC1. The van der Waals surface area contributed by atoms with E-state index in [0.29, 0.717) is 29.6 Å². The predicted octanol–water partition coefficient (Wildman–Crippen LogP) is 17.4. The van der Waals surface area contributed by atoms with E-state index in [2.05, 4.69) is 137 Å². The fourth-order valence-electron chi connectivity index (χ4n) is 18.8. The number of fused-ring (bicyclic) bond motifs is 6. The van der Waals surface area contributed by atoms with Gasteiger partial charge in [-0.05, 0) is 267 Å². The number of rotatable bonds is 11. The fourth-order valence-corrected chi connectivity index (χ4v) is 18.8. The normalized spacial score (nSPS) is 19.5. The fraction of sp³-hybridized carbons (Fsp3) is 0.520. The van der Waals surface area contributed by atoms with Crippen LogP contribution in [0, 0.1) is 41.5 Å². The lowest BCUT2D eigenvalue weighted by Crippen LogP contribution is -2.60. The smallest absolute Gasteiger partial charge is 0.143 e. The van der Waals surface area contributed by atoms with Gasteiger partial charge in [0, 0.05) is 0 Å². The van der Waals surface area contributed by atoms with E-state index in [0.717, 1.165) is 173 Å². The van der Waals surface area contributed by atoms with Crippen LogP contribution in [-0.2, 0) is 0 Å². The van der Waals surface area contributed by atoms with E-state index < -0.39 is 0 Å². The first-order valence-corrected chi connectivity index (χ1v) is 36.1. The molecule has 18 rings (SSSR count). The Labute approximate surface area is 543 Å². The molecule has 0 N–H and O–H groups in total. The second-order valence-corrected chi connectivity index (χ2v) is 29.5. The number of aromatic nitrogens is 15. The molecule has 11 aromatic rings. The summed E-state index contributed by atoms with van der Waals surface area (Å²) in [4.78, 5) is 6.16. The summed E-state index contributed by atoms with van der Waals surface area (Å²) in [7, 11) is 0. The van der Waals surface area contributed by atoms with Crippen LogP contribution >= 0.6 is 0 Å². The van der Waals surface area contributed by atoms with Crippen molar-refractivity contribution in [1.29, 1.82) is 0 Å². The van der Waals surface area contributed by atoms with Crippen LogP contribution in [0.25, 0.3) is 66.5 Å². The Morgan fingerprint density at radius 2 is 0.548 bits per heavy atom. The van der Waals surface area contributed by atoms with Crippen LogP contribution in [0.2, 0.25) is 0 Å². The van der Waals surface area contributed by atoms with Gasteiger partial charge in [-0.25, -0.2) is 9.36 Å². The van der Waals surface area contributed by atoms with E-state index in [9.17, 15) is 0 Å². The summed E-state index contributed by atoms with van der Waals surface area (Å²) in [6.45, 7) is 13.7. The maximum absolute atomic E-state index is 5.58. The average Bonchev–Trinajstić information content (AvgIpc) is 1.53. The van der Waals surface area contributed by atoms with Gasteiger partial charge in [0.25, 0.3) is 0 Å². The molecule has 6 saturated carbocycles. The molecule has 6 fully saturated rings. The zero-order valence-corrected chi connectivity index (χ0v) is 55.4. The Bertz CT molecular complexity index is 4730. The number of hydrogen-bond acceptors (Lipinski definition) is 13. The number of aryl methyl sites for hydroxylation is 5. The Balaban J connectivity index is 1.03. The molecule has 18 heteroatoms. The quantitative estimate of drug-likeness (QED) is 0.113. The summed E-state index contributed by atoms with van der Waals surface area (Å²) in [6, 6.07) is 22.8. The van der Waals surface area contributed by atoms with E-state index >= 15 is 0 Å². The van der Waals surface area contributed by atoms with Crippen LogP contribution in [0.5, 0.6) is 0 Å². The number of nitrogens with zero attached hydrogens (tertiary/aromatic N) is 18. The monoisotopic (exact) mass is 1240 g/mol. The van der Waals surface area contributed by atoms with E-state index in [1.165, 1.54) is 145 Å². The molecule has 5 aromatic heterocycles. The van der Waals surface area contributed by atoms with Gasteiger partial charge in [-0.3, -0.25) is 0 Å². The second-order valence-electron chi connectivity index (χ2n) is 29.5. The van der Waals surface area contributed by atoms with Crippen molar-refractivity contribution in [2.75, 3.05) is 15.5 Å². The van der Waals surface area contributed by atoms with E-state index in [1.807, 2.05) is 4.79 Å². The summed E-state index contributed by atoms with van der Waals surface area (Å²) < 4.78 is 4.38. The molecule has 1 aliphatic heterocycles. The lowest BCUT2D eigenvalue weighted by atomic mass is 9.78. The Morgan fingerprint density at radius 3 is 0.946 bits per heavy atom. The standard InChI is InChI=1S/C75H88N18/c1-44-32-39-56-67(61(44)50-22-15-10-11-16-23-50)76-81-86(56)72-49(6)66(54-26-13-8-7-9-14-27-54)73-75(74(72)87-57-40-33-45(2)62(68(57)77-82-87)51-24-17-12-18-25-51)92(89-59-42-34-46(3)63(69(59)78-84-89)52-28-19-20-29-52)93(90-60-43-36-47(4)64(53-30-21-31-53)71(60)80-85-90)91(73)88-58-41-35-48(5)65(55-37-38-55)70(58)79-83-88/h32-36,39-43,50-55H,7-31,37-38H2,1-6H3. The topological polar surface area (TPSA) is 163 Å². The number of hydrazine groups is 2. The first-order valence-electron chi connectivity index (χ1n) is 36.1. The maximum atomic E-state index is 5.58. The van der Waals surface area contributed by atoms with Gasteiger partial charge >= 0.3 is 0 Å². The maximum Gasteiger partial charge on any atom is 0.143 e. The van der Waals surface area contributed by atoms with E-state index in [4.69, 9.17) is 51.6 Å². The third-order valence-electron chi connectivity index (χ3n) is 23.8. The number of benzene rings is 6. The van der Waals surface area contributed by atoms with Gasteiger partial charge in [-0.15, -0.1) is 50.1 Å². The van der Waals surface area contributed by atoms with Crippen molar-refractivity contribution < 1.29 is 0 Å². The molecule has 0 spiro atoms. The third-order valence-corrected chi connectivity index (χ3v) is 23.8. The van der Waals surface area contributed by atoms with Crippen LogP contribution in [0.1, 0.15) is 276 Å². The van der Waals surface area contributed by atoms with Crippen molar-refractivity contribution >= 4 is 66.5 Å². The Kier molecular flexibility index (Phi) is 14.0. The van der Waals surface area contributed by atoms with Gasteiger partial charge in [-0.1, -0.05) is 142 Å². The van der Waals surface area contributed by atoms with Crippen molar-refractivity contribution in [2.45, 2.75) is 250 Å². The Morgan fingerprint density at radius 1 is 0.258 bits per heavy atom. The van der Waals surface area contributed by atoms with Crippen LogP contribution < -0.4 is 15.5 Å². The van der Waals surface area contributed by atoms with Crippen LogP contribution in [0.3, 0.4) is 0 Å². The van der Waals surface area contributed by atoms with Gasteiger partial charge < -0.3 is 0 Å². The Hall–Kier alpha value is -8.28. The highest BCUT2D eigenvalue weighted by atomic mass is 16.2. The minimum Gasteiger partial charge on any atom is -0.210 e. The molecule has 6 aromatic carbocycles. The summed E-state index contributed by atoms with van der Waals surface area (Å²) in [6.07, 6.45) is 31.5. The van der Waals surface area contributed by atoms with Gasteiger partial charge in [0.1, 0.15) is 61.2 Å². The molecule has 18 nitrogen and oxygen atoms in total. The molecule has 0 amide bonds. The highest BCUT2D eigenvalue weighted by Gasteiger charge is 2.50. The summed E-state index contributed by atoms with van der Waals surface area (Å²) in [5.74, 6) is 2.10. The molecule has 0 bridgehead atoms. The molecule has 6 heterocycles. The molecule has 7 aliphatic rings. The minimum atomic E-state index is 0.117. The van der Waals surface area contributed by atoms with Gasteiger partial charge in [0.2, 0.25) is 0 Å². The van der Waals surface area contributed by atoms with Crippen LogP contribution in [0.15, 0.2) is 60.7 Å². The first kappa shape index (κ1) is 57.4. The van der Waals surface area contributed by atoms with Crippen molar-refractivity contribution in [1.82, 2.24) is 75.3 Å². The number of hydrogen-bond donors (Lipinski definition) is 0. The van der Waals surface area contributed by atoms with Crippen molar-refractivity contribution in [2.24, 2.45) is 0 Å². The van der Waals surface area contributed by atoms with Gasteiger partial charge in [0.15, 0.2) is 0 Å². The molecular formula is C75H88N18. The van der Waals surface area contributed by atoms with Gasteiger partial charge in [0.05, 0.1) is 16.7 Å². The lowest BCUT2D eigenvalue weighted by molar-refractivity contribution is 0.407. The molecule has 478 valence electrons. The summed E-state index contributed by atoms with van der Waals surface area (Å²) >= 11 is 0. The first-order chi connectivity index (χ1) is 45.7. The average molecular weight is 1240 g/mol. The highest BCUT2D eigenvalue weighted by Crippen LogP contribution is 2.56. The van der Waals surface area contributed by atoms with Crippen molar-refractivity contribution in [3.05, 3.63) is 127 Å². The summed E-state index contributed by atoms with van der Waals surface area (Å²) in [5.41, 5.74) is 27.9. The zero-order chi connectivity index (χ0) is 62.3. The largest absolute Gasteiger partial charge is 0.210 e. The minimum absolute atomic E-state index is 0.117. The van der Waals surface area contributed by atoms with Crippen molar-refractivity contribution in [3.8, 4) is 11.4 Å². The number of anilines is 2. The molecule has 0 radical (unpaired) electrons. The molecule has 0 unspecified atom stereocenters. The lowest BCUT2D eigenvalue weighted by Gasteiger charge is -2.35. The van der Waals surface area contributed by atoms with E-state index in [-0.39, 0.29) is 5.92 Å². The molecule has 6 aliphatic carbocycles. The van der Waals surface area contributed by atoms with E-state index in [1.54, 1.807) is 0 Å². The molecule has 0 atom stereocenters.